The van der Waals surface area contributed by atoms with Crippen LogP contribution in [-0.4, -0.2) is 113 Å². The summed E-state index contributed by atoms with van der Waals surface area (Å²) in [5.74, 6) is 1.87. The molecular weight excluding hydrogens is 580 g/mol. The van der Waals surface area contributed by atoms with Gasteiger partial charge in [0.15, 0.2) is 0 Å². The van der Waals surface area contributed by atoms with Crippen molar-refractivity contribution in [1.29, 1.82) is 0 Å². The molecule has 2 saturated heterocycles. The zero-order chi connectivity index (χ0) is 31.3. The molecule has 0 bridgehead atoms. The Morgan fingerprint density at radius 2 is 1.09 bits per heavy atom. The number of nitrogens with zero attached hydrogens (tertiary/aromatic N) is 2. The number of hydrogen-bond acceptors (Lipinski definition) is 8. The predicted octanol–water partition coefficient (Wildman–Crippen LogP) is 4.17. The number of hydrogen-bond donors (Lipinski definition) is 4. The van der Waals surface area contributed by atoms with Crippen molar-refractivity contribution in [2.24, 2.45) is 0 Å². The molecule has 4 aromatic rings. The number of morpholine rings is 2. The summed E-state index contributed by atoms with van der Waals surface area (Å²) < 4.78 is 21.6. The molecule has 2 atom stereocenters. The molecule has 2 fully saturated rings. The van der Waals surface area contributed by atoms with E-state index in [0.29, 0.717) is 12.1 Å². The summed E-state index contributed by atoms with van der Waals surface area (Å²) >= 11 is 0. The molecular formula is C36H50N6O4. The highest BCUT2D eigenvalue weighted by molar-refractivity contribution is 5.87. The Balaban J connectivity index is 0.000000147. The highest BCUT2D eigenvalue weighted by Gasteiger charge is 2.26. The number of ether oxygens (including phenoxy) is 4. The monoisotopic (exact) mass is 630 g/mol. The molecule has 8 rings (SSSR count). The van der Waals surface area contributed by atoms with Crippen molar-refractivity contribution in [1.82, 2.24) is 30.4 Å². The lowest BCUT2D eigenvalue weighted by molar-refractivity contribution is 0.0359. The molecule has 0 spiro atoms. The van der Waals surface area contributed by atoms with E-state index in [4.69, 9.17) is 18.9 Å². The summed E-state index contributed by atoms with van der Waals surface area (Å²) in [4.78, 5) is 12.3. The summed E-state index contributed by atoms with van der Waals surface area (Å²) in [6.07, 6.45) is 4.43. The Labute approximate surface area is 272 Å². The van der Waals surface area contributed by atoms with Gasteiger partial charge in [-0.15, -0.1) is 0 Å². The molecule has 248 valence electrons. The maximum atomic E-state index is 5.43. The number of aromatic amines is 2. The molecule has 0 aliphatic carbocycles. The van der Waals surface area contributed by atoms with Gasteiger partial charge in [0.25, 0.3) is 0 Å². The molecule has 10 heteroatoms. The van der Waals surface area contributed by atoms with Crippen molar-refractivity contribution < 1.29 is 18.9 Å². The Kier molecular flexibility index (Phi) is 10.1. The lowest BCUT2D eigenvalue weighted by atomic mass is 9.97. The standard InChI is InChI=1S/2C18H25N3O2/c2*1-22-13-2-3-16-15(12-13)14-4-6-19-17(18(14)20-16)5-7-21-8-10-23-11-9-21/h2*2-3,12,17,19-20H,4-11H2,1H3/t2*17-/m10/s1. The minimum Gasteiger partial charge on any atom is -0.497 e. The Morgan fingerprint density at radius 1 is 0.652 bits per heavy atom. The molecule has 0 radical (unpaired) electrons. The quantitative estimate of drug-likeness (QED) is 0.230. The van der Waals surface area contributed by atoms with Gasteiger partial charge in [0.05, 0.1) is 40.6 Å². The van der Waals surface area contributed by atoms with E-state index < -0.39 is 0 Å². The number of aromatic nitrogens is 2. The molecule has 0 saturated carbocycles. The second kappa shape index (κ2) is 14.8. The van der Waals surface area contributed by atoms with Gasteiger partial charge in [-0.2, -0.15) is 0 Å². The van der Waals surface area contributed by atoms with Gasteiger partial charge < -0.3 is 39.5 Å². The van der Waals surface area contributed by atoms with Crippen molar-refractivity contribution in [2.75, 3.05) is 93.0 Å². The maximum absolute atomic E-state index is 5.43. The Hall–Kier alpha value is -3.12. The number of nitrogens with one attached hydrogen (secondary N) is 4. The summed E-state index contributed by atoms with van der Waals surface area (Å²) in [5, 5.41) is 10.0. The second-order valence-corrected chi connectivity index (χ2v) is 12.9. The van der Waals surface area contributed by atoms with Crippen LogP contribution in [0.1, 0.15) is 47.4 Å². The summed E-state index contributed by atoms with van der Waals surface area (Å²) in [5.41, 5.74) is 8.10. The molecule has 10 nitrogen and oxygen atoms in total. The van der Waals surface area contributed by atoms with E-state index in [1.54, 1.807) is 14.2 Å². The highest BCUT2D eigenvalue weighted by atomic mass is 16.5. The first-order chi connectivity index (χ1) is 22.7. The SMILES string of the molecule is COc1ccc2[nH]c3c(c2c1)CCN[C@@H]3CCN1CCOCC1.COc1ccc2[nH]c3c(c2c1)CCN[C@H]3CCN1CCOCC1. The number of rotatable bonds is 8. The van der Waals surface area contributed by atoms with Gasteiger partial charge in [0, 0.05) is 84.5 Å². The van der Waals surface area contributed by atoms with E-state index in [9.17, 15) is 0 Å². The number of benzene rings is 2. The number of H-pyrrole nitrogens is 2. The zero-order valence-electron chi connectivity index (χ0n) is 27.5. The van der Waals surface area contributed by atoms with Crippen LogP contribution in [0.3, 0.4) is 0 Å². The molecule has 6 heterocycles. The molecule has 4 N–H and O–H groups in total. The van der Waals surface area contributed by atoms with Gasteiger partial charge in [-0.25, -0.2) is 0 Å². The maximum Gasteiger partial charge on any atom is 0.119 e. The topological polar surface area (TPSA) is 99.0 Å². The second-order valence-electron chi connectivity index (χ2n) is 12.9. The van der Waals surface area contributed by atoms with E-state index in [1.165, 1.54) is 44.3 Å². The van der Waals surface area contributed by atoms with Crippen molar-refractivity contribution >= 4 is 21.8 Å². The normalized spacial score (nSPS) is 22.2. The van der Waals surface area contributed by atoms with Crippen molar-refractivity contribution in [2.45, 2.75) is 37.8 Å². The van der Waals surface area contributed by atoms with Crippen LogP contribution in [-0.2, 0) is 22.3 Å². The van der Waals surface area contributed by atoms with Gasteiger partial charge in [0.2, 0.25) is 0 Å². The van der Waals surface area contributed by atoms with Crippen LogP contribution in [0, 0.1) is 0 Å². The van der Waals surface area contributed by atoms with Crippen LogP contribution in [0.4, 0.5) is 0 Å². The van der Waals surface area contributed by atoms with Gasteiger partial charge in [-0.3, -0.25) is 9.80 Å². The molecule has 2 aromatic carbocycles. The summed E-state index contributed by atoms with van der Waals surface area (Å²) in [7, 11) is 3.46. The lowest BCUT2D eigenvalue weighted by Crippen LogP contribution is -2.39. The minimum absolute atomic E-state index is 0.417. The summed E-state index contributed by atoms with van der Waals surface area (Å²) in [6, 6.07) is 13.5. The zero-order valence-corrected chi connectivity index (χ0v) is 27.5. The first-order valence-corrected chi connectivity index (χ1v) is 17.1. The van der Waals surface area contributed by atoms with Gasteiger partial charge in [0.1, 0.15) is 11.5 Å². The molecule has 0 amide bonds. The van der Waals surface area contributed by atoms with Crippen molar-refractivity contribution in [3.05, 3.63) is 58.9 Å². The molecule has 0 unspecified atom stereocenters. The predicted molar refractivity (Wildman–Crippen MR) is 182 cm³/mol. The van der Waals surface area contributed by atoms with E-state index in [1.807, 2.05) is 12.1 Å². The van der Waals surface area contributed by atoms with Gasteiger partial charge >= 0.3 is 0 Å². The minimum atomic E-state index is 0.417. The third kappa shape index (κ3) is 6.93. The van der Waals surface area contributed by atoms with Crippen LogP contribution in [0.5, 0.6) is 11.5 Å². The first-order valence-electron chi connectivity index (χ1n) is 17.1. The first kappa shape index (κ1) is 31.5. The fourth-order valence-corrected chi connectivity index (χ4v) is 7.60. The third-order valence-electron chi connectivity index (χ3n) is 10.2. The Bertz CT molecular complexity index is 1470. The third-order valence-corrected chi connectivity index (χ3v) is 10.2. The van der Waals surface area contributed by atoms with Gasteiger partial charge in [-0.1, -0.05) is 0 Å². The van der Waals surface area contributed by atoms with Crippen molar-refractivity contribution in [3.63, 3.8) is 0 Å². The van der Waals surface area contributed by atoms with E-state index in [-0.39, 0.29) is 0 Å². The van der Waals surface area contributed by atoms with Crippen LogP contribution < -0.4 is 20.1 Å². The van der Waals surface area contributed by atoms with Crippen LogP contribution in [0.2, 0.25) is 0 Å². The van der Waals surface area contributed by atoms with Crippen LogP contribution in [0.25, 0.3) is 21.8 Å². The number of fused-ring (bicyclic) bond motifs is 6. The molecule has 4 aliphatic rings. The fourth-order valence-electron chi connectivity index (χ4n) is 7.60. The largest absolute Gasteiger partial charge is 0.497 e. The number of methoxy groups -OCH3 is 2. The molecule has 4 aliphatic heterocycles. The average molecular weight is 631 g/mol. The van der Waals surface area contributed by atoms with E-state index >= 15 is 0 Å². The fraction of sp³-hybridized carbons (Fsp3) is 0.556. The smallest absolute Gasteiger partial charge is 0.119 e. The van der Waals surface area contributed by atoms with E-state index in [0.717, 1.165) is 116 Å². The average Bonchev–Trinajstić information content (AvgIpc) is 3.69. The molecule has 46 heavy (non-hydrogen) atoms. The summed E-state index contributed by atoms with van der Waals surface area (Å²) in [6.45, 7) is 12.1. The van der Waals surface area contributed by atoms with Crippen LogP contribution in [0.15, 0.2) is 36.4 Å². The Morgan fingerprint density at radius 3 is 1.50 bits per heavy atom. The van der Waals surface area contributed by atoms with Crippen LogP contribution >= 0.6 is 0 Å². The molecule has 2 aromatic heterocycles. The van der Waals surface area contributed by atoms with Gasteiger partial charge in [-0.05, 0) is 86.3 Å². The van der Waals surface area contributed by atoms with Crippen molar-refractivity contribution in [3.8, 4) is 11.5 Å². The lowest BCUT2D eigenvalue weighted by Gasteiger charge is -2.30. The van der Waals surface area contributed by atoms with E-state index in [2.05, 4.69) is 54.7 Å². The highest BCUT2D eigenvalue weighted by Crippen LogP contribution is 2.35.